The Balaban J connectivity index is 2.24. The second kappa shape index (κ2) is 6.03. The number of sulfonamides is 1. The molecule has 0 spiro atoms. The summed E-state index contributed by atoms with van der Waals surface area (Å²) < 4.78 is 27.5. The molecule has 7 heteroatoms. The van der Waals surface area contributed by atoms with Crippen LogP contribution in [-0.4, -0.2) is 8.42 Å². The first-order chi connectivity index (χ1) is 9.37. The maximum atomic E-state index is 12.1. The molecular formula is C13H12BrClN2O2S. The van der Waals surface area contributed by atoms with Crippen molar-refractivity contribution in [3.05, 3.63) is 57.5 Å². The molecule has 4 nitrogen and oxygen atoms in total. The van der Waals surface area contributed by atoms with Crippen molar-refractivity contribution in [1.29, 1.82) is 0 Å². The van der Waals surface area contributed by atoms with Gasteiger partial charge in [0.05, 0.1) is 16.5 Å². The fraction of sp³-hybridized carbons (Fsp3) is 0.0769. The molecule has 0 heterocycles. The zero-order valence-electron chi connectivity index (χ0n) is 10.3. The summed E-state index contributed by atoms with van der Waals surface area (Å²) in [5.74, 6) is -0.206. The summed E-state index contributed by atoms with van der Waals surface area (Å²) in [7, 11) is -3.58. The van der Waals surface area contributed by atoms with Crippen molar-refractivity contribution in [1.82, 2.24) is 0 Å². The third kappa shape index (κ3) is 3.88. The molecule has 20 heavy (non-hydrogen) atoms. The number of benzene rings is 2. The number of anilines is 2. The normalized spacial score (nSPS) is 11.3. The number of hydrogen-bond acceptors (Lipinski definition) is 3. The highest BCUT2D eigenvalue weighted by Gasteiger charge is 2.15. The topological polar surface area (TPSA) is 72.2 Å². The van der Waals surface area contributed by atoms with E-state index < -0.39 is 10.0 Å². The number of para-hydroxylation sites is 1. The second-order valence-corrected chi connectivity index (χ2v) is 7.23. The molecule has 0 unspecified atom stereocenters. The van der Waals surface area contributed by atoms with E-state index in [1.165, 1.54) is 0 Å². The highest BCUT2D eigenvalue weighted by atomic mass is 79.9. The number of nitrogens with two attached hydrogens (primary N) is 1. The van der Waals surface area contributed by atoms with Gasteiger partial charge in [-0.15, -0.1) is 0 Å². The Morgan fingerprint density at radius 3 is 2.60 bits per heavy atom. The van der Waals surface area contributed by atoms with Gasteiger partial charge in [0.15, 0.2) is 0 Å². The van der Waals surface area contributed by atoms with E-state index in [0.717, 1.165) is 4.47 Å². The van der Waals surface area contributed by atoms with Crippen molar-refractivity contribution in [3.63, 3.8) is 0 Å². The monoisotopic (exact) mass is 374 g/mol. The van der Waals surface area contributed by atoms with Crippen LogP contribution in [0, 0.1) is 0 Å². The van der Waals surface area contributed by atoms with Gasteiger partial charge in [0, 0.05) is 10.2 Å². The van der Waals surface area contributed by atoms with Crippen LogP contribution in [0.25, 0.3) is 0 Å². The zero-order chi connectivity index (χ0) is 14.8. The van der Waals surface area contributed by atoms with Crippen LogP contribution in [-0.2, 0) is 15.8 Å². The van der Waals surface area contributed by atoms with Gasteiger partial charge in [-0.3, -0.25) is 4.72 Å². The highest BCUT2D eigenvalue weighted by molar-refractivity contribution is 9.10. The molecule has 0 saturated carbocycles. The SMILES string of the molecule is Nc1ccccc1CS(=O)(=O)Nc1cc(Br)ccc1Cl. The van der Waals surface area contributed by atoms with Gasteiger partial charge in [-0.1, -0.05) is 45.7 Å². The highest BCUT2D eigenvalue weighted by Crippen LogP contribution is 2.27. The van der Waals surface area contributed by atoms with Crippen molar-refractivity contribution in [2.24, 2.45) is 0 Å². The Labute approximate surface area is 131 Å². The first-order valence-corrected chi connectivity index (χ1v) is 8.48. The number of rotatable bonds is 4. The minimum Gasteiger partial charge on any atom is -0.398 e. The first kappa shape index (κ1) is 15.2. The van der Waals surface area contributed by atoms with Crippen molar-refractivity contribution in [2.45, 2.75) is 5.75 Å². The van der Waals surface area contributed by atoms with E-state index in [2.05, 4.69) is 20.7 Å². The van der Waals surface area contributed by atoms with Crippen LogP contribution in [0.5, 0.6) is 0 Å². The Morgan fingerprint density at radius 2 is 1.90 bits per heavy atom. The molecule has 0 aliphatic carbocycles. The maximum absolute atomic E-state index is 12.1. The summed E-state index contributed by atoms with van der Waals surface area (Å²) in [6, 6.07) is 11.8. The van der Waals surface area contributed by atoms with Gasteiger partial charge in [0.25, 0.3) is 0 Å². The second-order valence-electron chi connectivity index (χ2n) is 4.18. The Kier molecular flexibility index (Phi) is 4.57. The number of nitrogens with one attached hydrogen (secondary N) is 1. The van der Waals surface area contributed by atoms with Gasteiger partial charge >= 0.3 is 0 Å². The predicted molar refractivity (Wildman–Crippen MR) is 86.3 cm³/mol. The van der Waals surface area contributed by atoms with Crippen molar-refractivity contribution in [2.75, 3.05) is 10.5 Å². The van der Waals surface area contributed by atoms with Crippen molar-refractivity contribution >= 4 is 48.9 Å². The molecule has 0 aromatic heterocycles. The van der Waals surface area contributed by atoms with Crippen LogP contribution in [0.3, 0.4) is 0 Å². The quantitative estimate of drug-likeness (QED) is 0.802. The van der Waals surface area contributed by atoms with Crippen LogP contribution >= 0.6 is 27.5 Å². The third-order valence-electron chi connectivity index (χ3n) is 2.59. The molecule has 0 amide bonds. The molecule has 0 aliphatic rings. The number of halogens is 2. The maximum Gasteiger partial charge on any atom is 0.237 e. The molecule has 0 atom stereocenters. The van der Waals surface area contributed by atoms with Gasteiger partial charge in [0.1, 0.15) is 0 Å². The molecule has 0 saturated heterocycles. The molecule has 0 aliphatic heterocycles. The average molecular weight is 376 g/mol. The van der Waals surface area contributed by atoms with Gasteiger partial charge in [0.2, 0.25) is 10.0 Å². The van der Waals surface area contributed by atoms with Crippen molar-refractivity contribution < 1.29 is 8.42 Å². The Morgan fingerprint density at radius 1 is 1.20 bits per heavy atom. The van der Waals surface area contributed by atoms with E-state index in [9.17, 15) is 8.42 Å². The molecule has 3 N–H and O–H groups in total. The molecule has 2 aromatic carbocycles. The predicted octanol–water partition coefficient (Wildman–Crippen LogP) is 3.63. The van der Waals surface area contributed by atoms with Gasteiger partial charge in [-0.05, 0) is 29.8 Å². The summed E-state index contributed by atoms with van der Waals surface area (Å²) in [5.41, 5.74) is 7.07. The van der Waals surface area contributed by atoms with Gasteiger partial charge in [-0.25, -0.2) is 8.42 Å². The minimum atomic E-state index is -3.58. The number of hydrogen-bond donors (Lipinski definition) is 2. The lowest BCUT2D eigenvalue weighted by Crippen LogP contribution is -2.16. The molecule has 0 fully saturated rings. The molecule has 2 aromatic rings. The molecule has 2 rings (SSSR count). The zero-order valence-corrected chi connectivity index (χ0v) is 13.5. The summed E-state index contributed by atoms with van der Waals surface area (Å²) in [6.45, 7) is 0. The van der Waals surface area contributed by atoms with E-state index in [-0.39, 0.29) is 5.75 Å². The standard InChI is InChI=1S/C13H12BrClN2O2S/c14-10-5-6-11(15)13(7-10)17-20(18,19)8-9-3-1-2-4-12(9)16/h1-7,17H,8,16H2. The van der Waals surface area contributed by atoms with E-state index in [1.807, 2.05) is 0 Å². The van der Waals surface area contributed by atoms with E-state index in [0.29, 0.717) is 22.0 Å². The van der Waals surface area contributed by atoms with Gasteiger partial charge < -0.3 is 5.73 Å². The van der Waals surface area contributed by atoms with Crippen LogP contribution in [0.1, 0.15) is 5.56 Å². The fourth-order valence-corrected chi connectivity index (χ4v) is 3.48. The fourth-order valence-electron chi connectivity index (χ4n) is 1.65. The summed E-state index contributed by atoms with van der Waals surface area (Å²) >= 11 is 9.23. The van der Waals surface area contributed by atoms with Gasteiger partial charge in [-0.2, -0.15) is 0 Å². The van der Waals surface area contributed by atoms with Crippen molar-refractivity contribution in [3.8, 4) is 0 Å². The van der Waals surface area contributed by atoms with Crippen LogP contribution < -0.4 is 10.5 Å². The van der Waals surface area contributed by atoms with E-state index in [4.69, 9.17) is 17.3 Å². The summed E-state index contributed by atoms with van der Waals surface area (Å²) in [5, 5.41) is 0.331. The Bertz CT molecular complexity index is 735. The molecule has 106 valence electrons. The number of nitrogen functional groups attached to an aromatic ring is 1. The minimum absolute atomic E-state index is 0.206. The lowest BCUT2D eigenvalue weighted by atomic mass is 10.2. The molecular weight excluding hydrogens is 364 g/mol. The molecule has 0 bridgehead atoms. The largest absolute Gasteiger partial charge is 0.398 e. The van der Waals surface area contributed by atoms with E-state index in [1.54, 1.807) is 42.5 Å². The third-order valence-corrected chi connectivity index (χ3v) is 4.64. The van der Waals surface area contributed by atoms with E-state index >= 15 is 0 Å². The van der Waals surface area contributed by atoms with Crippen LogP contribution in [0.15, 0.2) is 46.9 Å². The molecule has 0 radical (unpaired) electrons. The summed E-state index contributed by atoms with van der Waals surface area (Å²) in [6.07, 6.45) is 0. The average Bonchev–Trinajstić information content (AvgIpc) is 2.36. The Hall–Kier alpha value is -1.24. The smallest absolute Gasteiger partial charge is 0.237 e. The van der Waals surface area contributed by atoms with Crippen LogP contribution in [0.4, 0.5) is 11.4 Å². The lowest BCUT2D eigenvalue weighted by Gasteiger charge is -2.11. The van der Waals surface area contributed by atoms with Crippen LogP contribution in [0.2, 0.25) is 5.02 Å². The lowest BCUT2D eigenvalue weighted by molar-refractivity contribution is 0.600. The first-order valence-electron chi connectivity index (χ1n) is 5.66. The summed E-state index contributed by atoms with van der Waals surface area (Å²) in [4.78, 5) is 0.